The van der Waals surface area contributed by atoms with Crippen LogP contribution in [0.4, 0.5) is 0 Å². The van der Waals surface area contributed by atoms with Gasteiger partial charge in [0.15, 0.2) is 0 Å². The van der Waals surface area contributed by atoms with Crippen molar-refractivity contribution in [2.75, 3.05) is 18.1 Å². The molecule has 1 aliphatic rings. The summed E-state index contributed by atoms with van der Waals surface area (Å²) in [6.07, 6.45) is 1.47. The fourth-order valence-electron chi connectivity index (χ4n) is 1.80. The normalized spacial score (nSPS) is 24.8. The summed E-state index contributed by atoms with van der Waals surface area (Å²) in [5, 5.41) is 5.36. The number of carbonyl (C=O) groups is 2. The lowest BCUT2D eigenvalue weighted by Gasteiger charge is -2.23. The average molecular weight is 289 g/mol. The van der Waals surface area contributed by atoms with Crippen molar-refractivity contribution in [2.24, 2.45) is 11.7 Å². The van der Waals surface area contributed by atoms with Crippen molar-refractivity contribution in [3.63, 3.8) is 0 Å². The van der Waals surface area contributed by atoms with E-state index in [4.69, 9.17) is 5.73 Å². The number of carbonyl (C=O) groups excluding carboxylic acids is 2. The second-order valence-electron chi connectivity index (χ2n) is 5.18. The molecule has 0 aromatic rings. The molecule has 4 N–H and O–H groups in total. The van der Waals surface area contributed by atoms with Crippen molar-refractivity contribution in [1.29, 1.82) is 0 Å². The monoisotopic (exact) mass is 289 g/mol. The zero-order valence-corrected chi connectivity index (χ0v) is 12.3. The molecule has 1 rings (SSSR count). The Morgan fingerprint density at radius 1 is 1.32 bits per heavy atom. The van der Waals surface area contributed by atoms with Crippen LogP contribution in [0.1, 0.15) is 26.7 Å². The molecule has 1 saturated heterocycles. The number of rotatable bonds is 5. The van der Waals surface area contributed by atoms with E-state index in [1.54, 1.807) is 0 Å². The minimum absolute atomic E-state index is 0.0383. The maximum atomic E-state index is 11.6. The van der Waals surface area contributed by atoms with Crippen LogP contribution in [0.2, 0.25) is 0 Å². The van der Waals surface area contributed by atoms with Gasteiger partial charge in [0.25, 0.3) is 0 Å². The molecule has 6 nitrogen and oxygen atoms in total. The first-order valence-corrected chi connectivity index (χ1v) is 8.06. The van der Waals surface area contributed by atoms with Crippen molar-refractivity contribution in [3.05, 3.63) is 0 Å². The lowest BCUT2D eigenvalue weighted by Crippen LogP contribution is -2.49. The zero-order chi connectivity index (χ0) is 14.4. The molecule has 0 unspecified atom stereocenters. The van der Waals surface area contributed by atoms with Gasteiger partial charge in [-0.2, -0.15) is 0 Å². The van der Waals surface area contributed by atoms with E-state index in [2.05, 4.69) is 10.6 Å². The highest BCUT2D eigenvalue weighted by molar-refractivity contribution is 7.85. The van der Waals surface area contributed by atoms with Gasteiger partial charge < -0.3 is 16.4 Å². The van der Waals surface area contributed by atoms with Crippen LogP contribution in [-0.4, -0.2) is 46.2 Å². The van der Waals surface area contributed by atoms with Crippen LogP contribution in [0.25, 0.3) is 0 Å². The van der Waals surface area contributed by atoms with Crippen molar-refractivity contribution in [3.8, 4) is 0 Å². The summed E-state index contributed by atoms with van der Waals surface area (Å²) in [4.78, 5) is 23.2. The molecule has 7 heteroatoms. The molecule has 1 aliphatic heterocycles. The van der Waals surface area contributed by atoms with Gasteiger partial charge in [0.1, 0.15) is 0 Å². The van der Waals surface area contributed by atoms with Crippen LogP contribution in [0, 0.1) is 5.92 Å². The summed E-state index contributed by atoms with van der Waals surface area (Å²) in [5.41, 5.74) is 5.67. The number of nitrogens with one attached hydrogen (secondary N) is 2. The molecule has 0 spiro atoms. The summed E-state index contributed by atoms with van der Waals surface area (Å²) >= 11 is 0. The third-order valence-electron chi connectivity index (χ3n) is 3.20. The third-order valence-corrected chi connectivity index (χ3v) is 4.58. The smallest absolute Gasteiger partial charge is 0.239 e. The standard InChI is InChI=1S/C12H23N3O3S/c1-8(2)11(13)12(17)14-7-10(16)15-9-3-5-19(18)6-4-9/h8-9,11H,3-7,13H2,1-2H3,(H,14,17)(H,15,16)/t9?,11-,19?/m0/s1. The predicted octanol–water partition coefficient (Wildman–Crippen LogP) is -0.887. The Bertz CT molecular complexity index is 350. The lowest BCUT2D eigenvalue weighted by atomic mass is 10.1. The van der Waals surface area contributed by atoms with Gasteiger partial charge in [-0.25, -0.2) is 0 Å². The van der Waals surface area contributed by atoms with Gasteiger partial charge in [-0.05, 0) is 18.8 Å². The highest BCUT2D eigenvalue weighted by Gasteiger charge is 2.21. The van der Waals surface area contributed by atoms with Gasteiger partial charge in [-0.15, -0.1) is 0 Å². The van der Waals surface area contributed by atoms with Gasteiger partial charge >= 0.3 is 0 Å². The van der Waals surface area contributed by atoms with Crippen LogP contribution in [0.3, 0.4) is 0 Å². The number of nitrogens with two attached hydrogens (primary N) is 1. The van der Waals surface area contributed by atoms with Gasteiger partial charge in [0.2, 0.25) is 11.8 Å². The molecule has 0 aromatic heterocycles. The van der Waals surface area contributed by atoms with Gasteiger partial charge in [-0.3, -0.25) is 13.8 Å². The average Bonchev–Trinajstić information content (AvgIpc) is 2.37. The summed E-state index contributed by atoms with van der Waals surface area (Å²) in [6, 6.07) is -0.522. The molecule has 0 radical (unpaired) electrons. The second-order valence-corrected chi connectivity index (χ2v) is 6.87. The maximum Gasteiger partial charge on any atom is 0.239 e. The molecule has 0 aromatic carbocycles. The molecule has 0 saturated carbocycles. The quantitative estimate of drug-likeness (QED) is 0.611. The Morgan fingerprint density at radius 3 is 2.42 bits per heavy atom. The minimum Gasteiger partial charge on any atom is -0.352 e. The van der Waals surface area contributed by atoms with Crippen LogP contribution < -0.4 is 16.4 Å². The lowest BCUT2D eigenvalue weighted by molar-refractivity contribution is -0.127. The molecule has 0 bridgehead atoms. The van der Waals surface area contributed by atoms with Gasteiger partial charge in [0, 0.05) is 28.3 Å². The topological polar surface area (TPSA) is 101 Å². The van der Waals surface area contributed by atoms with Crippen LogP contribution in [0.5, 0.6) is 0 Å². The molecule has 110 valence electrons. The fraction of sp³-hybridized carbons (Fsp3) is 0.833. The predicted molar refractivity (Wildman–Crippen MR) is 74.9 cm³/mol. The Labute approximate surface area is 116 Å². The molecular formula is C12H23N3O3S. The van der Waals surface area contributed by atoms with Crippen LogP contribution in [0.15, 0.2) is 0 Å². The van der Waals surface area contributed by atoms with Crippen LogP contribution in [-0.2, 0) is 20.4 Å². The summed E-state index contributed by atoms with van der Waals surface area (Å²) in [6.45, 7) is 3.65. The largest absolute Gasteiger partial charge is 0.352 e. The molecule has 1 fully saturated rings. The first kappa shape index (κ1) is 16.1. The van der Waals surface area contributed by atoms with E-state index in [9.17, 15) is 13.8 Å². The van der Waals surface area contributed by atoms with Crippen molar-refractivity contribution in [2.45, 2.75) is 38.8 Å². The number of hydrogen-bond donors (Lipinski definition) is 3. The third kappa shape index (κ3) is 5.69. The molecule has 1 atom stereocenters. The number of amides is 2. The van der Waals surface area contributed by atoms with E-state index in [0.29, 0.717) is 11.5 Å². The van der Waals surface area contributed by atoms with Crippen molar-refractivity contribution in [1.82, 2.24) is 10.6 Å². The van der Waals surface area contributed by atoms with Crippen molar-refractivity contribution >= 4 is 22.6 Å². The second kappa shape index (κ2) is 7.59. The molecule has 2 amide bonds. The summed E-state index contributed by atoms with van der Waals surface area (Å²) in [7, 11) is -0.736. The zero-order valence-electron chi connectivity index (χ0n) is 11.5. The van der Waals surface area contributed by atoms with E-state index >= 15 is 0 Å². The van der Waals surface area contributed by atoms with E-state index in [1.165, 1.54) is 0 Å². The fourth-order valence-corrected chi connectivity index (χ4v) is 3.10. The summed E-state index contributed by atoms with van der Waals surface area (Å²) < 4.78 is 11.2. The van der Waals surface area contributed by atoms with Gasteiger partial charge in [-0.1, -0.05) is 13.8 Å². The molecule has 1 heterocycles. The molecular weight excluding hydrogens is 266 g/mol. The summed E-state index contributed by atoms with van der Waals surface area (Å²) in [5.74, 6) is 0.777. The Morgan fingerprint density at radius 2 is 1.89 bits per heavy atom. The van der Waals surface area contributed by atoms with Crippen molar-refractivity contribution < 1.29 is 13.8 Å². The first-order chi connectivity index (χ1) is 8.90. The van der Waals surface area contributed by atoms with E-state index in [1.807, 2.05) is 13.8 Å². The van der Waals surface area contributed by atoms with E-state index in [-0.39, 0.29) is 30.3 Å². The Balaban J connectivity index is 2.24. The highest BCUT2D eigenvalue weighted by Crippen LogP contribution is 2.08. The maximum absolute atomic E-state index is 11.6. The minimum atomic E-state index is -0.736. The van der Waals surface area contributed by atoms with E-state index < -0.39 is 16.8 Å². The Hall–Kier alpha value is -0.950. The SMILES string of the molecule is CC(C)[C@H](N)C(=O)NCC(=O)NC1CCS(=O)CC1. The Kier molecular flexibility index (Phi) is 6.44. The van der Waals surface area contributed by atoms with Crippen LogP contribution >= 0.6 is 0 Å². The first-order valence-electron chi connectivity index (χ1n) is 6.57. The number of hydrogen-bond acceptors (Lipinski definition) is 4. The molecule has 0 aliphatic carbocycles. The highest BCUT2D eigenvalue weighted by atomic mass is 32.2. The van der Waals surface area contributed by atoms with Gasteiger partial charge in [0.05, 0.1) is 12.6 Å². The molecule has 19 heavy (non-hydrogen) atoms. The van der Waals surface area contributed by atoms with E-state index in [0.717, 1.165) is 12.8 Å².